The molecule has 214 valence electrons. The Bertz CT molecular complexity index is 1260. The van der Waals surface area contributed by atoms with Crippen molar-refractivity contribution in [3.8, 4) is 5.75 Å². The van der Waals surface area contributed by atoms with Crippen LogP contribution in [-0.2, 0) is 20.8 Å². The van der Waals surface area contributed by atoms with Crippen LogP contribution in [-0.4, -0.2) is 82.7 Å². The standard InChI is InChI=1S/C29H36N4O7/c1-18-5-3-4-6-22(18)30-29(39)31-23-8-7-20(13-25(23)40-2)14-26(35)33-17-21(34)16-24(33)28(38)32-11-9-19(10-12-32)15-27(36)37/h3-8,13,19,21,24,34H,9-12,14-17H2,1-2H3,(H,36,37)(H2,30,31,39)/t21-,24+/m1/s1. The lowest BCUT2D eigenvalue weighted by atomic mass is 9.93. The van der Waals surface area contributed by atoms with E-state index in [4.69, 9.17) is 9.84 Å². The van der Waals surface area contributed by atoms with E-state index in [0.717, 1.165) is 5.56 Å². The highest BCUT2D eigenvalue weighted by molar-refractivity contribution is 6.01. The Morgan fingerprint density at radius 1 is 1.02 bits per heavy atom. The molecule has 4 amide bonds. The highest BCUT2D eigenvalue weighted by Crippen LogP contribution is 2.29. The predicted octanol–water partition coefficient (Wildman–Crippen LogP) is 2.87. The SMILES string of the molecule is COc1cc(CC(=O)N2C[C@H](O)C[C@H]2C(=O)N2CCC(CC(=O)O)CC2)ccc1NC(=O)Nc1ccccc1C. The van der Waals surface area contributed by atoms with Crippen molar-refractivity contribution >= 4 is 35.2 Å². The molecule has 2 atom stereocenters. The van der Waals surface area contributed by atoms with Gasteiger partial charge in [0.25, 0.3) is 0 Å². The van der Waals surface area contributed by atoms with Crippen LogP contribution >= 0.6 is 0 Å². The van der Waals surface area contributed by atoms with Crippen LogP contribution in [0, 0.1) is 12.8 Å². The summed E-state index contributed by atoms with van der Waals surface area (Å²) in [5.41, 5.74) is 2.67. The summed E-state index contributed by atoms with van der Waals surface area (Å²) >= 11 is 0. The molecular formula is C29H36N4O7. The summed E-state index contributed by atoms with van der Waals surface area (Å²) in [5, 5.41) is 24.9. The van der Waals surface area contributed by atoms with E-state index in [9.17, 15) is 24.3 Å². The topological polar surface area (TPSA) is 149 Å². The molecule has 2 aliphatic rings. The number of nitrogens with zero attached hydrogens (tertiary/aromatic N) is 2. The van der Waals surface area contributed by atoms with Crippen molar-refractivity contribution in [2.75, 3.05) is 37.4 Å². The summed E-state index contributed by atoms with van der Waals surface area (Å²) in [6.45, 7) is 2.84. The number of urea groups is 1. The third-order valence-electron chi connectivity index (χ3n) is 7.54. The van der Waals surface area contributed by atoms with Crippen LogP contribution in [0.25, 0.3) is 0 Å². The number of carboxylic acids is 1. The van der Waals surface area contributed by atoms with Crippen LogP contribution in [0.5, 0.6) is 5.75 Å². The average molecular weight is 553 g/mol. The lowest BCUT2D eigenvalue weighted by Crippen LogP contribution is -2.50. The summed E-state index contributed by atoms with van der Waals surface area (Å²) in [4.78, 5) is 53.2. The number of hydrogen-bond acceptors (Lipinski definition) is 6. The largest absolute Gasteiger partial charge is 0.495 e. The van der Waals surface area contributed by atoms with Crippen molar-refractivity contribution in [1.29, 1.82) is 0 Å². The Morgan fingerprint density at radius 3 is 2.40 bits per heavy atom. The lowest BCUT2D eigenvalue weighted by Gasteiger charge is -2.35. The van der Waals surface area contributed by atoms with E-state index in [2.05, 4.69) is 10.6 Å². The Labute approximate surface area is 233 Å². The molecule has 2 fully saturated rings. The van der Waals surface area contributed by atoms with Gasteiger partial charge in [-0.25, -0.2) is 4.79 Å². The van der Waals surface area contributed by atoms with Crippen molar-refractivity contribution < 1.29 is 34.1 Å². The molecule has 40 heavy (non-hydrogen) atoms. The molecule has 4 rings (SSSR count). The molecule has 0 radical (unpaired) electrons. The smallest absolute Gasteiger partial charge is 0.323 e. The quantitative estimate of drug-likeness (QED) is 0.394. The highest BCUT2D eigenvalue weighted by Gasteiger charge is 2.41. The van der Waals surface area contributed by atoms with Crippen molar-refractivity contribution in [1.82, 2.24) is 9.80 Å². The van der Waals surface area contributed by atoms with E-state index in [1.807, 2.05) is 25.1 Å². The number of para-hydroxylation sites is 1. The molecule has 11 nitrogen and oxygen atoms in total. The average Bonchev–Trinajstić information content (AvgIpc) is 3.32. The van der Waals surface area contributed by atoms with Crippen LogP contribution in [0.3, 0.4) is 0 Å². The van der Waals surface area contributed by atoms with E-state index in [1.165, 1.54) is 12.0 Å². The zero-order valence-electron chi connectivity index (χ0n) is 22.8. The Hall–Kier alpha value is -4.12. The number of benzene rings is 2. The molecular weight excluding hydrogens is 516 g/mol. The number of aliphatic hydroxyl groups is 1. The third-order valence-corrected chi connectivity index (χ3v) is 7.54. The van der Waals surface area contributed by atoms with Gasteiger partial charge in [-0.15, -0.1) is 0 Å². The molecule has 2 aromatic rings. The first-order valence-electron chi connectivity index (χ1n) is 13.4. The maximum atomic E-state index is 13.3. The van der Waals surface area contributed by atoms with Crippen LogP contribution in [0.4, 0.5) is 16.2 Å². The summed E-state index contributed by atoms with van der Waals surface area (Å²) in [6.07, 6.45) is 0.652. The molecule has 2 saturated heterocycles. The van der Waals surface area contributed by atoms with Crippen LogP contribution in [0.2, 0.25) is 0 Å². The van der Waals surface area contributed by atoms with Gasteiger partial charge >= 0.3 is 12.0 Å². The van der Waals surface area contributed by atoms with Gasteiger partial charge in [0.2, 0.25) is 11.8 Å². The molecule has 0 saturated carbocycles. The minimum absolute atomic E-state index is 0.0107. The molecule has 4 N–H and O–H groups in total. The van der Waals surface area contributed by atoms with Crippen molar-refractivity contribution in [2.24, 2.45) is 5.92 Å². The minimum atomic E-state index is -0.841. The normalized spacial score (nSPS) is 19.3. The fourth-order valence-corrected chi connectivity index (χ4v) is 5.35. The van der Waals surface area contributed by atoms with E-state index in [-0.39, 0.29) is 43.5 Å². The van der Waals surface area contributed by atoms with Gasteiger partial charge in [-0.2, -0.15) is 0 Å². The third kappa shape index (κ3) is 7.09. The van der Waals surface area contributed by atoms with Gasteiger partial charge < -0.3 is 35.4 Å². The van der Waals surface area contributed by atoms with Gasteiger partial charge in [0.1, 0.15) is 11.8 Å². The second-order valence-electron chi connectivity index (χ2n) is 10.4. The minimum Gasteiger partial charge on any atom is -0.495 e. The monoisotopic (exact) mass is 552 g/mol. The van der Waals surface area contributed by atoms with Crippen molar-refractivity contribution in [3.05, 3.63) is 53.6 Å². The molecule has 0 aromatic heterocycles. The van der Waals surface area contributed by atoms with Crippen molar-refractivity contribution in [3.63, 3.8) is 0 Å². The summed E-state index contributed by atoms with van der Waals surface area (Å²) in [7, 11) is 1.47. The number of aliphatic carboxylic acids is 1. The molecule has 2 aromatic carbocycles. The summed E-state index contributed by atoms with van der Waals surface area (Å²) in [6, 6.07) is 11.2. The number of aryl methyl sites for hydroxylation is 1. The Balaban J connectivity index is 1.38. The second kappa shape index (κ2) is 12.8. The number of piperidine rings is 1. The first kappa shape index (κ1) is 28.9. The first-order chi connectivity index (χ1) is 19.1. The Morgan fingerprint density at radius 2 is 1.73 bits per heavy atom. The second-order valence-corrected chi connectivity index (χ2v) is 10.4. The molecule has 0 spiro atoms. The van der Waals surface area contributed by atoms with Crippen LogP contribution < -0.4 is 15.4 Å². The number of aliphatic hydroxyl groups excluding tert-OH is 1. The van der Waals surface area contributed by atoms with E-state index >= 15 is 0 Å². The van der Waals surface area contributed by atoms with Gasteiger partial charge in [-0.1, -0.05) is 24.3 Å². The maximum Gasteiger partial charge on any atom is 0.323 e. The number of amides is 4. The fourth-order valence-electron chi connectivity index (χ4n) is 5.35. The number of carbonyl (C=O) groups excluding carboxylic acids is 3. The number of nitrogens with one attached hydrogen (secondary N) is 2. The van der Waals surface area contributed by atoms with Gasteiger partial charge in [0, 0.05) is 38.2 Å². The maximum absolute atomic E-state index is 13.3. The van der Waals surface area contributed by atoms with Crippen LogP contribution in [0.1, 0.15) is 36.8 Å². The molecule has 0 unspecified atom stereocenters. The van der Waals surface area contributed by atoms with Gasteiger partial charge in [-0.3, -0.25) is 14.4 Å². The highest BCUT2D eigenvalue weighted by atomic mass is 16.5. The summed E-state index contributed by atoms with van der Waals surface area (Å²) in [5.74, 6) is -0.935. The van der Waals surface area contributed by atoms with E-state index in [1.54, 1.807) is 29.2 Å². The Kier molecular flexibility index (Phi) is 9.26. The number of ether oxygens (including phenoxy) is 1. The molecule has 0 aliphatic carbocycles. The molecule has 2 aliphatic heterocycles. The van der Waals surface area contributed by atoms with Crippen LogP contribution in [0.15, 0.2) is 42.5 Å². The number of rotatable bonds is 8. The fraction of sp³-hybridized carbons (Fsp3) is 0.448. The first-order valence-corrected chi connectivity index (χ1v) is 13.4. The van der Waals surface area contributed by atoms with Crippen molar-refractivity contribution in [2.45, 2.75) is 51.2 Å². The molecule has 2 heterocycles. The summed E-state index contributed by atoms with van der Waals surface area (Å²) < 4.78 is 5.45. The number of carboxylic acid groups (broad SMARTS) is 1. The van der Waals surface area contributed by atoms with E-state index in [0.29, 0.717) is 48.6 Å². The van der Waals surface area contributed by atoms with Gasteiger partial charge in [0.15, 0.2) is 0 Å². The molecule has 11 heteroatoms. The zero-order chi connectivity index (χ0) is 28.8. The number of anilines is 2. The van der Waals surface area contributed by atoms with E-state index < -0.39 is 24.1 Å². The number of carbonyl (C=O) groups is 4. The van der Waals surface area contributed by atoms with Gasteiger partial charge in [-0.05, 0) is 55.0 Å². The zero-order valence-corrected chi connectivity index (χ0v) is 22.8. The number of methoxy groups -OCH3 is 1. The number of hydrogen-bond donors (Lipinski definition) is 4. The van der Waals surface area contributed by atoms with Gasteiger partial charge in [0.05, 0.1) is 25.3 Å². The lowest BCUT2D eigenvalue weighted by molar-refractivity contribution is -0.145. The number of likely N-dealkylation sites (tertiary alicyclic amines) is 2. The predicted molar refractivity (Wildman–Crippen MR) is 148 cm³/mol. The number of β-amino-alcohol motifs (C(OH)–C–C–N with tert-alkyl or cyclic N) is 1. The molecule has 0 bridgehead atoms.